The summed E-state index contributed by atoms with van der Waals surface area (Å²) in [5.74, 6) is -5.03. The van der Waals surface area contributed by atoms with Crippen molar-refractivity contribution >= 4 is 68.1 Å². The van der Waals surface area contributed by atoms with Crippen molar-refractivity contribution in [2.45, 2.75) is 62.8 Å². The number of carboxylic acids is 1. The lowest BCUT2D eigenvalue weighted by atomic mass is 9.97. The molecule has 3 aromatic heterocycles. The Hall–Kier alpha value is -7.45. The fourth-order valence-corrected chi connectivity index (χ4v) is 8.22. The molecule has 1 aliphatic heterocycles. The molecule has 5 atom stereocenters. The Morgan fingerprint density at radius 2 is 0.984 bits per heavy atom. The second-order valence-corrected chi connectivity index (χ2v) is 15.0. The minimum Gasteiger partial charge on any atom is -0.479 e. The zero-order chi connectivity index (χ0) is 42.0. The summed E-state index contributed by atoms with van der Waals surface area (Å²) >= 11 is 0. The predicted octanol–water partition coefficient (Wildman–Crippen LogP) is 6.28. The number of rotatable bonds is 13. The molecule has 0 saturated carbocycles. The van der Waals surface area contributed by atoms with Crippen molar-refractivity contribution < 1.29 is 52.8 Å². The Bertz CT molecular complexity index is 2850. The van der Waals surface area contributed by atoms with Crippen LogP contribution in [0.5, 0.6) is 0 Å². The highest BCUT2D eigenvalue weighted by atomic mass is 16.7. The molecule has 1 aliphatic carbocycles. The maximum atomic E-state index is 14.0. The Balaban J connectivity index is 1.05. The molecule has 0 radical (unpaired) electrons. The fraction of sp³-hybridized carbons (Fsp3) is 0.213. The van der Waals surface area contributed by atoms with Gasteiger partial charge in [-0.05, 0) is 58.0 Å². The molecule has 1 fully saturated rings. The summed E-state index contributed by atoms with van der Waals surface area (Å²) < 4.78 is 29.8. The highest BCUT2D eigenvalue weighted by Crippen LogP contribution is 2.34. The molecule has 0 amide bonds. The molecular formula is C47H39N3O11. The minimum atomic E-state index is -2.03. The van der Waals surface area contributed by atoms with Crippen molar-refractivity contribution in [2.24, 2.45) is 0 Å². The Morgan fingerprint density at radius 3 is 1.52 bits per heavy atom. The number of aliphatic carboxylic acids is 1. The average Bonchev–Trinajstić information content (AvgIpc) is 4.06. The van der Waals surface area contributed by atoms with Crippen LogP contribution >= 0.6 is 0 Å². The zero-order valence-corrected chi connectivity index (χ0v) is 32.5. The predicted molar refractivity (Wildman–Crippen MR) is 221 cm³/mol. The number of carbonyl (C=O) groups is 5. The molecule has 7 aromatic rings. The van der Waals surface area contributed by atoms with Crippen LogP contribution in [0.4, 0.5) is 0 Å². The molecule has 0 spiro atoms. The first-order chi connectivity index (χ1) is 29.7. The van der Waals surface area contributed by atoms with Crippen LogP contribution in [0.1, 0.15) is 34.2 Å². The van der Waals surface area contributed by atoms with E-state index in [1.807, 2.05) is 103 Å². The van der Waals surface area contributed by atoms with Crippen LogP contribution in [0.25, 0.3) is 38.3 Å². The summed E-state index contributed by atoms with van der Waals surface area (Å²) in [7, 11) is 0. The molecule has 9 rings (SSSR count). The second-order valence-electron chi connectivity index (χ2n) is 15.0. The molecule has 2 aliphatic rings. The molecule has 4 N–H and O–H groups in total. The normalized spacial score (nSPS) is 19.6. The SMILES string of the molecule is O=C(Cc1c[nH]c2ccccc12)OC1O[C@H](C(=O)O)[C@@H](OC(=O)CC2=CCc3ccccc32)[C@H](OC(=O)Cc2c[nH]c3ccccc23)[C@H]1OC(=O)Cc1c[nH]c2ccccc12. The molecule has 1 saturated heterocycles. The maximum Gasteiger partial charge on any atom is 0.337 e. The number of aromatic nitrogens is 3. The van der Waals surface area contributed by atoms with Crippen LogP contribution in [0.15, 0.2) is 122 Å². The van der Waals surface area contributed by atoms with Crippen molar-refractivity contribution in [3.63, 3.8) is 0 Å². The van der Waals surface area contributed by atoms with E-state index in [-0.39, 0.29) is 25.7 Å². The van der Waals surface area contributed by atoms with Gasteiger partial charge in [-0.25, -0.2) is 4.79 Å². The third-order valence-corrected chi connectivity index (χ3v) is 11.1. The molecule has 14 nitrogen and oxygen atoms in total. The molecule has 308 valence electrons. The molecule has 4 aromatic carbocycles. The number of para-hydroxylation sites is 3. The van der Waals surface area contributed by atoms with Crippen LogP contribution in [0, 0.1) is 0 Å². The van der Waals surface area contributed by atoms with Crippen LogP contribution in [0.2, 0.25) is 0 Å². The summed E-state index contributed by atoms with van der Waals surface area (Å²) in [6, 6.07) is 29.5. The first-order valence-electron chi connectivity index (χ1n) is 19.8. The van der Waals surface area contributed by atoms with E-state index in [2.05, 4.69) is 15.0 Å². The summed E-state index contributed by atoms with van der Waals surface area (Å²) in [6.07, 6.45) is -3.11. The van der Waals surface area contributed by atoms with E-state index >= 15 is 0 Å². The number of allylic oxidation sites excluding steroid dienone is 1. The largest absolute Gasteiger partial charge is 0.479 e. The third kappa shape index (κ3) is 8.13. The summed E-state index contributed by atoms with van der Waals surface area (Å²) in [4.78, 5) is 77.9. The number of benzene rings is 4. The number of esters is 4. The lowest BCUT2D eigenvalue weighted by Crippen LogP contribution is -2.64. The van der Waals surface area contributed by atoms with Crippen molar-refractivity contribution in [3.05, 3.63) is 150 Å². The lowest BCUT2D eigenvalue weighted by Gasteiger charge is -2.42. The van der Waals surface area contributed by atoms with Gasteiger partial charge in [0.05, 0.1) is 25.7 Å². The van der Waals surface area contributed by atoms with Crippen LogP contribution in [0.3, 0.4) is 0 Å². The van der Waals surface area contributed by atoms with Gasteiger partial charge in [-0.1, -0.05) is 84.9 Å². The number of fused-ring (bicyclic) bond motifs is 4. The van der Waals surface area contributed by atoms with E-state index in [1.165, 1.54) is 0 Å². The number of aromatic amines is 3. The third-order valence-electron chi connectivity index (χ3n) is 11.1. The van der Waals surface area contributed by atoms with Gasteiger partial charge in [-0.15, -0.1) is 0 Å². The number of nitrogens with one attached hydrogen (secondary N) is 3. The van der Waals surface area contributed by atoms with E-state index in [1.54, 1.807) is 18.6 Å². The van der Waals surface area contributed by atoms with E-state index in [9.17, 15) is 29.1 Å². The summed E-state index contributed by atoms with van der Waals surface area (Å²) in [5, 5.41) is 12.9. The van der Waals surface area contributed by atoms with Gasteiger partial charge in [0.15, 0.2) is 18.3 Å². The molecule has 61 heavy (non-hydrogen) atoms. The number of hydrogen-bond acceptors (Lipinski definition) is 10. The zero-order valence-electron chi connectivity index (χ0n) is 32.5. The van der Waals surface area contributed by atoms with Gasteiger partial charge in [0, 0.05) is 51.3 Å². The summed E-state index contributed by atoms with van der Waals surface area (Å²) in [6.45, 7) is 0. The first kappa shape index (κ1) is 39.0. The molecule has 0 bridgehead atoms. The van der Waals surface area contributed by atoms with Crippen molar-refractivity contribution in [1.29, 1.82) is 0 Å². The first-order valence-corrected chi connectivity index (χ1v) is 19.8. The molecule has 1 unspecified atom stereocenters. The van der Waals surface area contributed by atoms with Crippen LogP contribution in [-0.4, -0.2) is 80.6 Å². The minimum absolute atomic E-state index is 0.246. The van der Waals surface area contributed by atoms with Gasteiger partial charge in [-0.2, -0.15) is 0 Å². The van der Waals surface area contributed by atoms with Gasteiger partial charge >= 0.3 is 29.8 Å². The standard InChI is InChI=1S/C47H39N3O11/c51-38(19-27-18-17-26-9-1-2-10-31(26)27)57-42-43(58-39(52)20-28-23-48-35-14-6-3-11-32(28)35)45(59-40(53)21-29-24-49-36-15-7-4-12-33(29)36)47(61-44(42)46(55)56)60-41(54)22-30-25-50-37-16-8-5-13-34(30)37/h1-16,18,23-25,42-45,47-50H,17,19-22H2,(H,55,56)/t42-,43-,44-,45+,47?/m0/s1. The molecular weight excluding hydrogens is 783 g/mol. The van der Waals surface area contributed by atoms with Crippen molar-refractivity contribution in [3.8, 4) is 0 Å². The van der Waals surface area contributed by atoms with Crippen LogP contribution in [-0.2, 0) is 73.3 Å². The Kier molecular flexibility index (Phi) is 10.7. The van der Waals surface area contributed by atoms with Crippen molar-refractivity contribution in [2.75, 3.05) is 0 Å². The van der Waals surface area contributed by atoms with E-state index in [4.69, 9.17) is 23.7 Å². The Morgan fingerprint density at radius 1 is 0.541 bits per heavy atom. The number of carboxylic acid groups (broad SMARTS) is 1. The molecule has 4 heterocycles. The smallest absolute Gasteiger partial charge is 0.337 e. The van der Waals surface area contributed by atoms with Gasteiger partial charge in [0.2, 0.25) is 12.4 Å². The van der Waals surface area contributed by atoms with Gasteiger partial charge in [0.1, 0.15) is 0 Å². The quantitative estimate of drug-likeness (QED) is 0.0755. The topological polar surface area (TPSA) is 199 Å². The number of H-pyrrole nitrogens is 3. The second kappa shape index (κ2) is 16.7. The van der Waals surface area contributed by atoms with Gasteiger partial charge in [0.25, 0.3) is 0 Å². The number of carbonyl (C=O) groups excluding carboxylic acids is 4. The van der Waals surface area contributed by atoms with E-state index in [0.29, 0.717) is 28.7 Å². The molecule has 14 heteroatoms. The highest BCUT2D eigenvalue weighted by molar-refractivity contribution is 5.91. The fourth-order valence-electron chi connectivity index (χ4n) is 8.22. The summed E-state index contributed by atoms with van der Waals surface area (Å²) in [5.41, 5.74) is 6.57. The highest BCUT2D eigenvalue weighted by Gasteiger charge is 2.56. The monoisotopic (exact) mass is 821 g/mol. The number of ether oxygens (including phenoxy) is 5. The van der Waals surface area contributed by atoms with E-state index in [0.717, 1.165) is 43.8 Å². The maximum absolute atomic E-state index is 14.0. The number of hydrogen-bond donors (Lipinski definition) is 4. The van der Waals surface area contributed by atoms with Gasteiger partial charge < -0.3 is 43.7 Å². The van der Waals surface area contributed by atoms with Crippen LogP contribution < -0.4 is 0 Å². The van der Waals surface area contributed by atoms with Crippen molar-refractivity contribution in [1.82, 2.24) is 15.0 Å². The Labute approximate surface area is 347 Å². The van der Waals surface area contributed by atoms with E-state index < -0.39 is 60.6 Å². The van der Waals surface area contributed by atoms with Gasteiger partial charge in [-0.3, -0.25) is 19.2 Å². The average molecular weight is 822 g/mol. The lowest BCUT2D eigenvalue weighted by molar-refractivity contribution is -0.294.